The lowest BCUT2D eigenvalue weighted by molar-refractivity contribution is -0.122. The Hall–Kier alpha value is -1.83. The standard InChI is InChI=1S/C15H24BN5O2/c1-9(2)7-10(13(22)17-3)18-14(23)12-11-8-20(4)5-6-21(11)15(16)19-12/h9-10H,5-8H2,1-4H3,(H,17,22)(H,18,23)/t10-/m0/s1. The summed E-state index contributed by atoms with van der Waals surface area (Å²) in [5.41, 5.74) is 1.46. The minimum Gasteiger partial charge on any atom is -0.357 e. The number of nitrogens with one attached hydrogen (secondary N) is 2. The minimum atomic E-state index is -0.576. The molecule has 0 saturated heterocycles. The van der Waals surface area contributed by atoms with Crippen LogP contribution >= 0.6 is 0 Å². The molecule has 0 aromatic carbocycles. The van der Waals surface area contributed by atoms with Crippen molar-refractivity contribution in [2.24, 2.45) is 5.92 Å². The summed E-state index contributed by atoms with van der Waals surface area (Å²) in [7, 11) is 9.47. The highest BCUT2D eigenvalue weighted by molar-refractivity contribution is 6.29. The van der Waals surface area contributed by atoms with E-state index in [0.29, 0.717) is 30.9 Å². The molecule has 2 N–H and O–H groups in total. The summed E-state index contributed by atoms with van der Waals surface area (Å²) in [6.07, 6.45) is 0.566. The highest BCUT2D eigenvalue weighted by atomic mass is 16.2. The molecule has 124 valence electrons. The molecule has 1 aliphatic heterocycles. The maximum absolute atomic E-state index is 12.6. The fourth-order valence-electron chi connectivity index (χ4n) is 2.81. The van der Waals surface area contributed by atoms with Crippen LogP contribution in [0.15, 0.2) is 0 Å². The van der Waals surface area contributed by atoms with E-state index >= 15 is 0 Å². The molecule has 2 amide bonds. The molecular formula is C15H24BN5O2. The molecule has 1 atom stereocenters. The average molecular weight is 317 g/mol. The summed E-state index contributed by atoms with van der Waals surface area (Å²) in [4.78, 5) is 30.9. The molecule has 1 aliphatic rings. The van der Waals surface area contributed by atoms with E-state index in [2.05, 4.69) is 20.5 Å². The number of fused-ring (bicyclic) bond motifs is 1. The van der Waals surface area contributed by atoms with Crippen molar-refractivity contribution < 1.29 is 9.59 Å². The third-order valence-electron chi connectivity index (χ3n) is 4.02. The van der Waals surface area contributed by atoms with Crippen molar-refractivity contribution in [1.82, 2.24) is 25.1 Å². The summed E-state index contributed by atoms with van der Waals surface area (Å²) in [6, 6.07) is -0.576. The van der Waals surface area contributed by atoms with Crippen LogP contribution < -0.4 is 16.4 Å². The van der Waals surface area contributed by atoms with E-state index in [0.717, 1.165) is 12.2 Å². The topological polar surface area (TPSA) is 79.3 Å². The second-order valence-electron chi connectivity index (χ2n) is 6.42. The molecule has 0 spiro atoms. The number of carbonyl (C=O) groups is 2. The fourth-order valence-corrected chi connectivity index (χ4v) is 2.81. The Labute approximate surface area is 138 Å². The summed E-state index contributed by atoms with van der Waals surface area (Å²) in [5, 5.41) is 5.38. The van der Waals surface area contributed by atoms with E-state index in [1.807, 2.05) is 25.5 Å². The molecule has 0 bridgehead atoms. The number of amides is 2. The fraction of sp³-hybridized carbons (Fsp3) is 0.667. The van der Waals surface area contributed by atoms with E-state index in [4.69, 9.17) is 7.85 Å². The van der Waals surface area contributed by atoms with Crippen LogP contribution in [0.25, 0.3) is 0 Å². The molecule has 2 heterocycles. The quantitative estimate of drug-likeness (QED) is 0.684. The third kappa shape index (κ3) is 3.93. The van der Waals surface area contributed by atoms with Crippen molar-refractivity contribution in [2.45, 2.75) is 39.4 Å². The zero-order valence-electron chi connectivity index (χ0n) is 14.2. The van der Waals surface area contributed by atoms with Gasteiger partial charge in [-0.05, 0) is 19.4 Å². The molecule has 0 fully saturated rings. The first-order valence-corrected chi connectivity index (χ1v) is 7.89. The second-order valence-corrected chi connectivity index (χ2v) is 6.42. The third-order valence-corrected chi connectivity index (χ3v) is 4.02. The van der Waals surface area contributed by atoms with Crippen molar-refractivity contribution in [2.75, 3.05) is 20.6 Å². The van der Waals surface area contributed by atoms with Crippen LogP contribution in [0.1, 0.15) is 36.5 Å². The molecule has 7 nitrogen and oxygen atoms in total. The van der Waals surface area contributed by atoms with Crippen molar-refractivity contribution in [3.05, 3.63) is 11.4 Å². The zero-order chi connectivity index (χ0) is 17.1. The van der Waals surface area contributed by atoms with Crippen molar-refractivity contribution >= 4 is 25.4 Å². The maximum Gasteiger partial charge on any atom is 0.272 e. The largest absolute Gasteiger partial charge is 0.357 e. The number of rotatable bonds is 5. The molecular weight excluding hydrogens is 293 g/mol. The van der Waals surface area contributed by atoms with Gasteiger partial charge in [0.1, 0.15) is 11.7 Å². The van der Waals surface area contributed by atoms with Crippen molar-refractivity contribution in [3.8, 4) is 0 Å². The normalized spacial score (nSPS) is 16.0. The highest BCUT2D eigenvalue weighted by Crippen LogP contribution is 2.14. The Morgan fingerprint density at radius 3 is 2.65 bits per heavy atom. The number of nitrogens with zero attached hydrogens (tertiary/aromatic N) is 3. The summed E-state index contributed by atoms with van der Waals surface area (Å²) in [5.74, 6) is -0.273. The Morgan fingerprint density at radius 1 is 1.35 bits per heavy atom. The molecule has 2 rings (SSSR count). The van der Waals surface area contributed by atoms with Gasteiger partial charge in [0.25, 0.3) is 5.91 Å². The number of hydrogen-bond acceptors (Lipinski definition) is 4. The number of hydrogen-bond donors (Lipinski definition) is 2. The predicted molar refractivity (Wildman–Crippen MR) is 88.7 cm³/mol. The van der Waals surface area contributed by atoms with Crippen molar-refractivity contribution in [1.29, 1.82) is 0 Å². The van der Waals surface area contributed by atoms with Gasteiger partial charge in [-0.2, -0.15) is 0 Å². The van der Waals surface area contributed by atoms with Crippen LogP contribution in [0, 0.1) is 5.92 Å². The lowest BCUT2D eigenvalue weighted by Crippen LogP contribution is -2.46. The first-order valence-electron chi connectivity index (χ1n) is 7.89. The Balaban J connectivity index is 2.21. The predicted octanol–water partition coefficient (Wildman–Crippen LogP) is -0.987. The first kappa shape index (κ1) is 17.5. The summed E-state index contributed by atoms with van der Waals surface area (Å²) >= 11 is 0. The molecule has 2 radical (unpaired) electrons. The van der Waals surface area contributed by atoms with Gasteiger partial charge in [-0.3, -0.25) is 14.5 Å². The van der Waals surface area contributed by atoms with Gasteiger partial charge in [0, 0.05) is 26.7 Å². The van der Waals surface area contributed by atoms with E-state index in [1.54, 1.807) is 7.05 Å². The van der Waals surface area contributed by atoms with Crippen LogP contribution in [0.4, 0.5) is 0 Å². The highest BCUT2D eigenvalue weighted by Gasteiger charge is 2.27. The van der Waals surface area contributed by atoms with Gasteiger partial charge >= 0.3 is 0 Å². The van der Waals surface area contributed by atoms with Gasteiger partial charge in [0.15, 0.2) is 7.85 Å². The molecule has 1 aromatic heterocycles. The van der Waals surface area contributed by atoms with Crippen LogP contribution in [0.3, 0.4) is 0 Å². The lowest BCUT2D eigenvalue weighted by atomic mass is 10.0. The second kappa shape index (κ2) is 7.17. The minimum absolute atomic E-state index is 0.204. The van der Waals surface area contributed by atoms with Gasteiger partial charge in [0.05, 0.1) is 11.4 Å². The van der Waals surface area contributed by atoms with E-state index < -0.39 is 6.04 Å². The molecule has 0 aliphatic carbocycles. The smallest absolute Gasteiger partial charge is 0.272 e. The summed E-state index contributed by atoms with van der Waals surface area (Å²) in [6.45, 7) is 6.20. The molecule has 8 heteroatoms. The van der Waals surface area contributed by atoms with Gasteiger partial charge < -0.3 is 15.2 Å². The van der Waals surface area contributed by atoms with E-state index in [9.17, 15) is 9.59 Å². The van der Waals surface area contributed by atoms with Gasteiger partial charge in [-0.25, -0.2) is 4.98 Å². The van der Waals surface area contributed by atoms with E-state index in [1.165, 1.54) is 0 Å². The lowest BCUT2D eigenvalue weighted by Gasteiger charge is -2.26. The van der Waals surface area contributed by atoms with Gasteiger partial charge in [-0.15, -0.1) is 0 Å². The van der Waals surface area contributed by atoms with Crippen molar-refractivity contribution in [3.63, 3.8) is 0 Å². The molecule has 23 heavy (non-hydrogen) atoms. The number of imidazole rings is 1. The van der Waals surface area contributed by atoms with Gasteiger partial charge in [0.2, 0.25) is 5.91 Å². The van der Waals surface area contributed by atoms with E-state index in [-0.39, 0.29) is 17.7 Å². The summed E-state index contributed by atoms with van der Waals surface area (Å²) < 4.78 is 1.87. The van der Waals surface area contributed by atoms with Crippen LogP contribution in [0.2, 0.25) is 0 Å². The zero-order valence-corrected chi connectivity index (χ0v) is 14.2. The average Bonchev–Trinajstić information content (AvgIpc) is 2.81. The number of likely N-dealkylation sites (N-methyl/N-ethyl adjacent to an activating group) is 2. The van der Waals surface area contributed by atoms with Crippen LogP contribution in [-0.4, -0.2) is 60.8 Å². The monoisotopic (exact) mass is 317 g/mol. The Morgan fingerprint density at radius 2 is 2.04 bits per heavy atom. The number of aromatic nitrogens is 2. The number of carbonyl (C=O) groups excluding carboxylic acids is 2. The Bertz CT molecular complexity index is 599. The van der Waals surface area contributed by atoms with Crippen LogP contribution in [-0.2, 0) is 17.9 Å². The Kier molecular flexibility index (Phi) is 5.46. The molecule has 0 saturated carbocycles. The molecule has 1 aromatic rings. The maximum atomic E-state index is 12.6. The molecule has 0 unspecified atom stereocenters. The van der Waals surface area contributed by atoms with Crippen LogP contribution in [0.5, 0.6) is 0 Å². The first-order chi connectivity index (χ1) is 10.8. The van der Waals surface area contributed by atoms with Gasteiger partial charge in [-0.1, -0.05) is 13.8 Å². The SMILES string of the molecule is [B]c1nc(C(=O)N[C@@H](CC(C)C)C(=O)NC)c2n1CCN(C)C2.